The molecule has 0 aliphatic carbocycles. The van der Waals surface area contributed by atoms with E-state index in [0.29, 0.717) is 22.9 Å². The third kappa shape index (κ3) is 6.05. The standard InChI is InChI=1S/C21H23ClFN5O6S/c1-31-14-7-6-13(18(17(14)23)28-35(5,29)30)26-20-12(22)10-24-21(27-20)25-11-8-15(32-2)19(34-4)16(9-11)33-3/h6-10,28H,1-5H3,(H2,24,25,26,27). The van der Waals surface area contributed by atoms with Crippen LogP contribution in [0.15, 0.2) is 30.5 Å². The van der Waals surface area contributed by atoms with E-state index in [9.17, 15) is 12.8 Å². The number of anilines is 5. The SMILES string of the molecule is COc1ccc(Nc2nc(Nc3cc(OC)c(OC)c(OC)c3)ncc2Cl)c(NS(C)(=O)=O)c1F. The van der Waals surface area contributed by atoms with Crippen molar-refractivity contribution in [1.82, 2.24) is 9.97 Å². The number of nitrogens with zero attached hydrogens (tertiary/aromatic N) is 2. The molecule has 0 saturated carbocycles. The summed E-state index contributed by atoms with van der Waals surface area (Å²) in [7, 11) is 1.90. The Bertz CT molecular complexity index is 1320. The molecule has 0 amide bonds. The van der Waals surface area contributed by atoms with E-state index in [1.807, 2.05) is 0 Å². The number of benzene rings is 2. The van der Waals surface area contributed by atoms with Gasteiger partial charge in [0.25, 0.3) is 0 Å². The maximum atomic E-state index is 14.8. The lowest BCUT2D eigenvalue weighted by molar-refractivity contribution is 0.324. The predicted octanol–water partition coefficient (Wildman–Crippen LogP) is 4.16. The number of rotatable bonds is 10. The van der Waals surface area contributed by atoms with E-state index in [4.69, 9.17) is 30.5 Å². The van der Waals surface area contributed by atoms with E-state index < -0.39 is 15.8 Å². The van der Waals surface area contributed by atoms with Crippen LogP contribution in [-0.2, 0) is 10.0 Å². The average molecular weight is 528 g/mol. The molecule has 1 heterocycles. The van der Waals surface area contributed by atoms with Gasteiger partial charge in [0.2, 0.25) is 21.7 Å². The third-order valence-electron chi connectivity index (χ3n) is 4.53. The fraction of sp³-hybridized carbons (Fsp3) is 0.238. The highest BCUT2D eigenvalue weighted by atomic mass is 35.5. The van der Waals surface area contributed by atoms with Crippen LogP contribution in [0.5, 0.6) is 23.0 Å². The number of hydrogen-bond acceptors (Lipinski definition) is 10. The predicted molar refractivity (Wildman–Crippen MR) is 131 cm³/mol. The summed E-state index contributed by atoms with van der Waals surface area (Å²) in [5, 5.41) is 5.93. The van der Waals surface area contributed by atoms with Gasteiger partial charge in [0.15, 0.2) is 28.9 Å². The number of aromatic nitrogens is 2. The zero-order valence-corrected chi connectivity index (χ0v) is 21.0. The van der Waals surface area contributed by atoms with Crippen molar-refractivity contribution < 1.29 is 31.8 Å². The first-order valence-corrected chi connectivity index (χ1v) is 12.1. The van der Waals surface area contributed by atoms with E-state index in [-0.39, 0.29) is 33.9 Å². The summed E-state index contributed by atoms with van der Waals surface area (Å²) in [6.45, 7) is 0. The second-order valence-corrected chi connectivity index (χ2v) is 9.09. The van der Waals surface area contributed by atoms with Crippen molar-refractivity contribution in [2.24, 2.45) is 0 Å². The lowest BCUT2D eigenvalue weighted by Gasteiger charge is -2.17. The molecule has 0 unspecified atom stereocenters. The summed E-state index contributed by atoms with van der Waals surface area (Å²) < 4.78 is 61.5. The van der Waals surface area contributed by atoms with Crippen LogP contribution in [0.3, 0.4) is 0 Å². The zero-order chi connectivity index (χ0) is 25.8. The van der Waals surface area contributed by atoms with Crippen molar-refractivity contribution in [3.8, 4) is 23.0 Å². The molecule has 0 radical (unpaired) electrons. The Morgan fingerprint density at radius 1 is 0.943 bits per heavy atom. The lowest BCUT2D eigenvalue weighted by Crippen LogP contribution is -2.13. The Morgan fingerprint density at radius 2 is 1.57 bits per heavy atom. The molecule has 0 spiro atoms. The van der Waals surface area contributed by atoms with E-state index >= 15 is 0 Å². The molecule has 1 aromatic heterocycles. The van der Waals surface area contributed by atoms with Crippen molar-refractivity contribution >= 4 is 50.5 Å². The van der Waals surface area contributed by atoms with Crippen LogP contribution >= 0.6 is 11.6 Å². The molecule has 35 heavy (non-hydrogen) atoms. The van der Waals surface area contributed by atoms with Crippen LogP contribution < -0.4 is 34.3 Å². The van der Waals surface area contributed by atoms with Gasteiger partial charge in [0, 0.05) is 17.8 Å². The Balaban J connectivity index is 1.98. The molecule has 3 N–H and O–H groups in total. The van der Waals surface area contributed by atoms with Crippen molar-refractivity contribution in [1.29, 1.82) is 0 Å². The monoisotopic (exact) mass is 527 g/mol. The van der Waals surface area contributed by atoms with E-state index in [0.717, 1.165) is 6.26 Å². The van der Waals surface area contributed by atoms with Crippen LogP contribution in [0.2, 0.25) is 5.02 Å². The van der Waals surface area contributed by atoms with Crippen molar-refractivity contribution in [2.45, 2.75) is 0 Å². The van der Waals surface area contributed by atoms with Gasteiger partial charge >= 0.3 is 0 Å². The molecule has 14 heteroatoms. The molecule has 3 rings (SSSR count). The van der Waals surface area contributed by atoms with Gasteiger partial charge in [-0.15, -0.1) is 0 Å². The molecule has 0 aliphatic heterocycles. The van der Waals surface area contributed by atoms with Gasteiger partial charge in [-0.3, -0.25) is 4.72 Å². The second-order valence-electron chi connectivity index (χ2n) is 6.93. The van der Waals surface area contributed by atoms with Crippen LogP contribution in [0, 0.1) is 5.82 Å². The minimum Gasteiger partial charge on any atom is -0.494 e. The number of ether oxygens (including phenoxy) is 4. The molecule has 0 fully saturated rings. The maximum absolute atomic E-state index is 14.8. The van der Waals surface area contributed by atoms with Crippen LogP contribution in [-0.4, -0.2) is 53.1 Å². The molecule has 0 saturated heterocycles. The highest BCUT2D eigenvalue weighted by molar-refractivity contribution is 7.92. The van der Waals surface area contributed by atoms with Crippen molar-refractivity contribution in [2.75, 3.05) is 50.1 Å². The first-order chi connectivity index (χ1) is 16.6. The molecule has 2 aromatic carbocycles. The number of halogens is 2. The van der Waals surface area contributed by atoms with Gasteiger partial charge in [-0.25, -0.2) is 17.8 Å². The second kappa shape index (κ2) is 10.7. The fourth-order valence-corrected chi connectivity index (χ4v) is 3.74. The van der Waals surface area contributed by atoms with Gasteiger partial charge in [-0.1, -0.05) is 11.6 Å². The third-order valence-corrected chi connectivity index (χ3v) is 5.38. The molecule has 0 atom stereocenters. The fourth-order valence-electron chi connectivity index (χ4n) is 3.03. The first-order valence-electron chi connectivity index (χ1n) is 9.81. The molecule has 3 aromatic rings. The Morgan fingerprint density at radius 3 is 2.11 bits per heavy atom. The van der Waals surface area contributed by atoms with Crippen molar-refractivity contribution in [3.05, 3.63) is 41.3 Å². The average Bonchev–Trinajstić information content (AvgIpc) is 2.82. The summed E-state index contributed by atoms with van der Waals surface area (Å²) in [5.74, 6) is 0.366. The number of sulfonamides is 1. The summed E-state index contributed by atoms with van der Waals surface area (Å²) in [6, 6.07) is 6.05. The molecule has 0 aliphatic rings. The van der Waals surface area contributed by atoms with E-state index in [1.54, 1.807) is 12.1 Å². The summed E-state index contributed by atoms with van der Waals surface area (Å²) >= 11 is 6.24. The Hall–Kier alpha value is -3.71. The molecule has 11 nitrogen and oxygen atoms in total. The Labute approximate surface area is 206 Å². The number of nitrogens with one attached hydrogen (secondary N) is 3. The first kappa shape index (κ1) is 25.9. The quantitative estimate of drug-likeness (QED) is 0.353. The maximum Gasteiger partial charge on any atom is 0.229 e. The number of hydrogen-bond donors (Lipinski definition) is 3. The lowest BCUT2D eigenvalue weighted by atomic mass is 10.2. The summed E-state index contributed by atoms with van der Waals surface area (Å²) in [4.78, 5) is 8.46. The summed E-state index contributed by atoms with van der Waals surface area (Å²) in [5.41, 5.74) is 0.205. The Kier molecular flexibility index (Phi) is 7.92. The van der Waals surface area contributed by atoms with E-state index in [1.165, 1.54) is 46.8 Å². The van der Waals surface area contributed by atoms with Crippen LogP contribution in [0.25, 0.3) is 0 Å². The van der Waals surface area contributed by atoms with Gasteiger partial charge in [0.1, 0.15) is 10.7 Å². The topological polar surface area (TPSA) is 133 Å². The van der Waals surface area contributed by atoms with Crippen LogP contribution in [0.1, 0.15) is 0 Å². The molecule has 188 valence electrons. The minimum atomic E-state index is -3.82. The van der Waals surface area contributed by atoms with E-state index in [2.05, 4.69) is 25.3 Å². The molecular formula is C21H23ClFN5O6S. The summed E-state index contributed by atoms with van der Waals surface area (Å²) in [6.07, 6.45) is 2.22. The zero-order valence-electron chi connectivity index (χ0n) is 19.4. The highest BCUT2D eigenvalue weighted by Crippen LogP contribution is 2.41. The van der Waals surface area contributed by atoms with Crippen LogP contribution in [0.4, 0.5) is 33.2 Å². The number of methoxy groups -OCH3 is 4. The molecular weight excluding hydrogens is 505 g/mol. The van der Waals surface area contributed by atoms with Gasteiger partial charge in [-0.05, 0) is 12.1 Å². The largest absolute Gasteiger partial charge is 0.494 e. The molecule has 0 bridgehead atoms. The van der Waals surface area contributed by atoms with Gasteiger partial charge < -0.3 is 29.6 Å². The normalized spacial score (nSPS) is 10.9. The smallest absolute Gasteiger partial charge is 0.229 e. The highest BCUT2D eigenvalue weighted by Gasteiger charge is 2.19. The van der Waals surface area contributed by atoms with Gasteiger partial charge in [-0.2, -0.15) is 4.98 Å². The van der Waals surface area contributed by atoms with Gasteiger partial charge in [0.05, 0.1) is 46.6 Å². The van der Waals surface area contributed by atoms with Crippen molar-refractivity contribution in [3.63, 3.8) is 0 Å². The minimum absolute atomic E-state index is 0.0491.